The van der Waals surface area contributed by atoms with Gasteiger partial charge in [0.25, 0.3) is 0 Å². The fourth-order valence-electron chi connectivity index (χ4n) is 4.52. The van der Waals surface area contributed by atoms with Crippen molar-refractivity contribution in [2.24, 2.45) is 17.8 Å². The Balaban J connectivity index is 1.86. The molecule has 1 aromatic carbocycles. The molecule has 1 saturated carbocycles. The number of fused-ring (bicyclic) bond motifs is 5. The van der Waals surface area contributed by atoms with Crippen molar-refractivity contribution in [3.63, 3.8) is 0 Å². The van der Waals surface area contributed by atoms with E-state index < -0.39 is 0 Å². The number of anilines is 1. The average Bonchev–Trinajstić information content (AvgIpc) is 2.87. The van der Waals surface area contributed by atoms with E-state index in [4.69, 9.17) is 0 Å². The van der Waals surface area contributed by atoms with Gasteiger partial charge in [0.15, 0.2) is 0 Å². The molecule has 0 spiro atoms. The van der Waals surface area contributed by atoms with Crippen LogP contribution < -0.4 is 4.90 Å². The Kier molecular flexibility index (Phi) is 2.03. The summed E-state index contributed by atoms with van der Waals surface area (Å²) in [6, 6.07) is 9.61. The summed E-state index contributed by atoms with van der Waals surface area (Å²) in [6.45, 7) is 2.43. The SMILES string of the molecule is CC1C2C=CC=CC2C2C1c1ccccc1N2C. The second-order valence-electron chi connectivity index (χ2n) is 5.97. The van der Waals surface area contributed by atoms with Crippen LogP contribution in [0.3, 0.4) is 0 Å². The van der Waals surface area contributed by atoms with E-state index in [0.29, 0.717) is 17.9 Å². The van der Waals surface area contributed by atoms with Crippen LogP contribution in [0.1, 0.15) is 18.4 Å². The zero-order valence-corrected chi connectivity index (χ0v) is 11.0. The minimum absolute atomic E-state index is 0.656. The van der Waals surface area contributed by atoms with Gasteiger partial charge in [0.1, 0.15) is 0 Å². The molecule has 5 atom stereocenters. The molecule has 0 N–H and O–H groups in total. The minimum Gasteiger partial charge on any atom is -0.370 e. The molecule has 18 heavy (non-hydrogen) atoms. The first kappa shape index (κ1) is 10.4. The molecule has 0 bridgehead atoms. The Hall–Kier alpha value is -1.50. The van der Waals surface area contributed by atoms with E-state index in [0.717, 1.165) is 11.8 Å². The van der Waals surface area contributed by atoms with Gasteiger partial charge in [-0.25, -0.2) is 0 Å². The molecule has 1 heterocycles. The highest BCUT2D eigenvalue weighted by atomic mass is 15.2. The van der Waals surface area contributed by atoms with Crippen LogP contribution in [0, 0.1) is 17.8 Å². The van der Waals surface area contributed by atoms with Crippen LogP contribution in [0.2, 0.25) is 0 Å². The maximum absolute atomic E-state index is 2.52. The molecule has 92 valence electrons. The molecule has 0 radical (unpaired) electrons. The summed E-state index contributed by atoms with van der Waals surface area (Å²) in [4.78, 5) is 2.52. The van der Waals surface area contributed by atoms with Crippen molar-refractivity contribution in [3.8, 4) is 0 Å². The van der Waals surface area contributed by atoms with E-state index in [1.54, 1.807) is 5.56 Å². The number of hydrogen-bond acceptors (Lipinski definition) is 1. The molecule has 0 saturated heterocycles. The molecule has 4 rings (SSSR count). The quantitative estimate of drug-likeness (QED) is 0.666. The predicted molar refractivity (Wildman–Crippen MR) is 75.8 cm³/mol. The molecule has 1 nitrogen and oxygen atoms in total. The highest BCUT2D eigenvalue weighted by Gasteiger charge is 2.53. The summed E-state index contributed by atoms with van der Waals surface area (Å²) in [5.74, 6) is 2.86. The molecular formula is C17H19N. The Bertz CT molecular complexity index is 542. The molecule has 1 aromatic rings. The van der Waals surface area contributed by atoms with Gasteiger partial charge in [-0.3, -0.25) is 0 Å². The molecule has 1 heteroatoms. The number of benzene rings is 1. The van der Waals surface area contributed by atoms with Gasteiger partial charge in [-0.15, -0.1) is 0 Å². The number of para-hydroxylation sites is 1. The van der Waals surface area contributed by atoms with Crippen molar-refractivity contribution >= 4 is 5.69 Å². The van der Waals surface area contributed by atoms with Crippen LogP contribution in [-0.4, -0.2) is 13.1 Å². The van der Waals surface area contributed by atoms with Crippen molar-refractivity contribution < 1.29 is 0 Å². The van der Waals surface area contributed by atoms with Crippen molar-refractivity contribution in [1.82, 2.24) is 0 Å². The van der Waals surface area contributed by atoms with Crippen LogP contribution in [-0.2, 0) is 0 Å². The average molecular weight is 237 g/mol. The number of nitrogens with zero attached hydrogens (tertiary/aromatic N) is 1. The van der Waals surface area contributed by atoms with Crippen LogP contribution in [0.4, 0.5) is 5.69 Å². The van der Waals surface area contributed by atoms with Gasteiger partial charge >= 0.3 is 0 Å². The zero-order chi connectivity index (χ0) is 12.3. The van der Waals surface area contributed by atoms with Gasteiger partial charge in [0.05, 0.1) is 0 Å². The number of rotatable bonds is 0. The minimum atomic E-state index is 0.656. The molecule has 2 aliphatic carbocycles. The van der Waals surface area contributed by atoms with Crippen molar-refractivity contribution in [1.29, 1.82) is 0 Å². The molecule has 3 aliphatic rings. The second-order valence-corrected chi connectivity index (χ2v) is 5.97. The fraction of sp³-hybridized carbons (Fsp3) is 0.412. The molecule has 0 aromatic heterocycles. The number of allylic oxidation sites excluding steroid dienone is 3. The third-order valence-electron chi connectivity index (χ3n) is 5.28. The second kappa shape index (κ2) is 3.50. The summed E-state index contributed by atoms with van der Waals surface area (Å²) in [6.07, 6.45) is 9.30. The van der Waals surface area contributed by atoms with E-state index in [-0.39, 0.29) is 0 Å². The Labute approximate surface area is 109 Å². The maximum atomic E-state index is 2.52. The topological polar surface area (TPSA) is 3.24 Å². The smallest absolute Gasteiger partial charge is 0.0427 e. The summed E-state index contributed by atoms with van der Waals surface area (Å²) >= 11 is 0. The first-order valence-corrected chi connectivity index (χ1v) is 6.96. The van der Waals surface area contributed by atoms with Gasteiger partial charge in [-0.05, 0) is 23.5 Å². The van der Waals surface area contributed by atoms with E-state index in [1.165, 1.54) is 5.69 Å². The third kappa shape index (κ3) is 1.12. The summed E-state index contributed by atoms with van der Waals surface area (Å²) in [5.41, 5.74) is 3.01. The monoisotopic (exact) mass is 237 g/mol. The van der Waals surface area contributed by atoms with Crippen LogP contribution in [0.5, 0.6) is 0 Å². The Morgan fingerprint density at radius 2 is 1.72 bits per heavy atom. The largest absolute Gasteiger partial charge is 0.370 e. The van der Waals surface area contributed by atoms with Crippen molar-refractivity contribution in [2.45, 2.75) is 18.9 Å². The normalized spacial score (nSPS) is 39.7. The lowest BCUT2D eigenvalue weighted by molar-refractivity contribution is 0.428. The van der Waals surface area contributed by atoms with Gasteiger partial charge in [-0.1, -0.05) is 49.4 Å². The Morgan fingerprint density at radius 1 is 1.00 bits per heavy atom. The highest BCUT2D eigenvalue weighted by Crippen LogP contribution is 2.57. The van der Waals surface area contributed by atoms with E-state index in [1.807, 2.05) is 0 Å². The molecule has 0 amide bonds. The zero-order valence-electron chi connectivity index (χ0n) is 11.0. The summed E-state index contributed by atoms with van der Waals surface area (Å²) in [7, 11) is 2.27. The molecule has 5 unspecified atom stereocenters. The van der Waals surface area contributed by atoms with Gasteiger partial charge in [0, 0.05) is 30.6 Å². The predicted octanol–water partition coefficient (Wildman–Crippen LogP) is 3.60. The lowest BCUT2D eigenvalue weighted by Crippen LogP contribution is -2.34. The van der Waals surface area contributed by atoms with E-state index in [9.17, 15) is 0 Å². The van der Waals surface area contributed by atoms with Crippen LogP contribution in [0.15, 0.2) is 48.6 Å². The lowest BCUT2D eigenvalue weighted by atomic mass is 9.84. The van der Waals surface area contributed by atoms with Gasteiger partial charge < -0.3 is 4.90 Å². The van der Waals surface area contributed by atoms with Crippen molar-refractivity contribution in [2.75, 3.05) is 11.9 Å². The molecule has 1 aliphatic heterocycles. The number of hydrogen-bond donors (Lipinski definition) is 0. The van der Waals surface area contributed by atoms with Gasteiger partial charge in [0.2, 0.25) is 0 Å². The third-order valence-corrected chi connectivity index (χ3v) is 5.28. The molecule has 1 fully saturated rings. The summed E-state index contributed by atoms with van der Waals surface area (Å²) < 4.78 is 0. The highest BCUT2D eigenvalue weighted by molar-refractivity contribution is 5.63. The first-order chi connectivity index (χ1) is 8.79. The van der Waals surface area contributed by atoms with Crippen molar-refractivity contribution in [3.05, 3.63) is 54.1 Å². The first-order valence-electron chi connectivity index (χ1n) is 6.96. The van der Waals surface area contributed by atoms with Crippen LogP contribution >= 0.6 is 0 Å². The summed E-state index contributed by atoms with van der Waals surface area (Å²) in [5, 5.41) is 0. The maximum Gasteiger partial charge on any atom is 0.0427 e. The van der Waals surface area contributed by atoms with E-state index >= 15 is 0 Å². The lowest BCUT2D eigenvalue weighted by Gasteiger charge is -2.29. The van der Waals surface area contributed by atoms with Crippen LogP contribution in [0.25, 0.3) is 0 Å². The molecular weight excluding hydrogens is 218 g/mol. The number of likely N-dealkylation sites (N-methyl/N-ethyl adjacent to an activating group) is 1. The fourth-order valence-corrected chi connectivity index (χ4v) is 4.52. The standard InChI is InChI=1S/C17H19N/c1-11-12-7-3-4-8-13(12)17-16(11)14-9-5-6-10-15(14)18(17)2/h3-13,16-17H,1-2H3. The van der Waals surface area contributed by atoms with Gasteiger partial charge in [-0.2, -0.15) is 0 Å². The Morgan fingerprint density at radius 3 is 2.56 bits per heavy atom. The van der Waals surface area contributed by atoms with E-state index in [2.05, 4.69) is 67.4 Å².